The molecule has 4 heteroatoms. The van der Waals surface area contributed by atoms with Crippen LogP contribution in [0.3, 0.4) is 0 Å². The van der Waals surface area contributed by atoms with Crippen LogP contribution in [0.15, 0.2) is 36.4 Å². The SMILES string of the molecule is Cc1ccc(NCc2cccc(C#N)c2F)c(F)c1. The molecular formula is C15H12F2N2. The summed E-state index contributed by atoms with van der Waals surface area (Å²) in [7, 11) is 0. The largest absolute Gasteiger partial charge is 0.378 e. The summed E-state index contributed by atoms with van der Waals surface area (Å²) in [6, 6.07) is 11.1. The molecule has 0 fully saturated rings. The summed E-state index contributed by atoms with van der Waals surface area (Å²) in [6.45, 7) is 1.92. The molecule has 0 saturated carbocycles. The molecular weight excluding hydrogens is 246 g/mol. The molecule has 0 bridgehead atoms. The molecule has 0 saturated heterocycles. The number of nitrogens with zero attached hydrogens (tertiary/aromatic N) is 1. The fraction of sp³-hybridized carbons (Fsp3) is 0.133. The smallest absolute Gasteiger partial charge is 0.146 e. The van der Waals surface area contributed by atoms with Crippen LogP contribution in [0.1, 0.15) is 16.7 Å². The first-order valence-corrected chi connectivity index (χ1v) is 5.79. The first-order valence-electron chi connectivity index (χ1n) is 5.79. The first kappa shape index (κ1) is 13.0. The molecule has 0 atom stereocenters. The van der Waals surface area contributed by atoms with E-state index in [0.29, 0.717) is 11.3 Å². The van der Waals surface area contributed by atoms with Crippen molar-refractivity contribution in [2.75, 3.05) is 5.32 Å². The lowest BCUT2D eigenvalue weighted by Crippen LogP contribution is -2.04. The van der Waals surface area contributed by atoms with E-state index in [1.54, 1.807) is 37.3 Å². The van der Waals surface area contributed by atoms with Crippen LogP contribution in [0.4, 0.5) is 14.5 Å². The van der Waals surface area contributed by atoms with E-state index in [4.69, 9.17) is 5.26 Å². The number of nitrogens with one attached hydrogen (secondary N) is 1. The maximum atomic E-state index is 13.8. The molecule has 0 aliphatic heterocycles. The predicted octanol–water partition coefficient (Wildman–Crippen LogP) is 3.76. The van der Waals surface area contributed by atoms with Crippen molar-refractivity contribution < 1.29 is 8.78 Å². The Kier molecular flexibility index (Phi) is 3.76. The van der Waals surface area contributed by atoms with Gasteiger partial charge in [-0.3, -0.25) is 0 Å². The summed E-state index contributed by atoms with van der Waals surface area (Å²) < 4.78 is 27.4. The number of halogens is 2. The molecule has 2 rings (SSSR count). The average Bonchev–Trinajstić information content (AvgIpc) is 2.39. The van der Waals surface area contributed by atoms with Crippen LogP contribution < -0.4 is 5.32 Å². The fourth-order valence-corrected chi connectivity index (χ4v) is 1.76. The van der Waals surface area contributed by atoms with Gasteiger partial charge < -0.3 is 5.32 Å². The number of aryl methyl sites for hydroxylation is 1. The summed E-state index contributed by atoms with van der Waals surface area (Å²) in [5.74, 6) is -0.943. The molecule has 2 aromatic rings. The molecule has 19 heavy (non-hydrogen) atoms. The van der Waals surface area contributed by atoms with E-state index < -0.39 is 5.82 Å². The van der Waals surface area contributed by atoms with E-state index in [9.17, 15) is 8.78 Å². The van der Waals surface area contributed by atoms with Gasteiger partial charge in [0.15, 0.2) is 0 Å². The zero-order valence-corrected chi connectivity index (χ0v) is 10.4. The minimum absolute atomic E-state index is 0.0105. The lowest BCUT2D eigenvalue weighted by Gasteiger charge is -2.09. The minimum Gasteiger partial charge on any atom is -0.378 e. The highest BCUT2D eigenvalue weighted by Gasteiger charge is 2.08. The van der Waals surface area contributed by atoms with Gasteiger partial charge in [0.2, 0.25) is 0 Å². The topological polar surface area (TPSA) is 35.8 Å². The van der Waals surface area contributed by atoms with Crippen molar-refractivity contribution in [2.24, 2.45) is 0 Å². The van der Waals surface area contributed by atoms with Crippen LogP contribution in [0, 0.1) is 29.9 Å². The average molecular weight is 258 g/mol. The highest BCUT2D eigenvalue weighted by Crippen LogP contribution is 2.18. The van der Waals surface area contributed by atoms with Gasteiger partial charge in [-0.2, -0.15) is 5.26 Å². The van der Waals surface area contributed by atoms with Crippen molar-refractivity contribution in [3.05, 3.63) is 64.7 Å². The van der Waals surface area contributed by atoms with E-state index in [1.807, 2.05) is 0 Å². The van der Waals surface area contributed by atoms with Crippen LogP contribution in [-0.4, -0.2) is 0 Å². The maximum Gasteiger partial charge on any atom is 0.146 e. The number of anilines is 1. The number of rotatable bonds is 3. The number of benzene rings is 2. The molecule has 2 aromatic carbocycles. The Bertz CT molecular complexity index is 645. The molecule has 0 aliphatic carbocycles. The lowest BCUT2D eigenvalue weighted by molar-refractivity contribution is 0.607. The van der Waals surface area contributed by atoms with Crippen LogP contribution in [0.5, 0.6) is 0 Å². The normalized spacial score (nSPS) is 10.0. The molecule has 1 N–H and O–H groups in total. The van der Waals surface area contributed by atoms with Gasteiger partial charge in [0.1, 0.15) is 17.7 Å². The zero-order valence-electron chi connectivity index (χ0n) is 10.4. The van der Waals surface area contributed by atoms with E-state index >= 15 is 0 Å². The quantitative estimate of drug-likeness (QED) is 0.909. The minimum atomic E-state index is -0.565. The fourth-order valence-electron chi connectivity index (χ4n) is 1.76. The second-order valence-electron chi connectivity index (χ2n) is 4.23. The van der Waals surface area contributed by atoms with Crippen LogP contribution >= 0.6 is 0 Å². The third-order valence-corrected chi connectivity index (χ3v) is 2.79. The Morgan fingerprint density at radius 2 is 2.00 bits per heavy atom. The van der Waals surface area contributed by atoms with Crippen molar-refractivity contribution in [2.45, 2.75) is 13.5 Å². The van der Waals surface area contributed by atoms with Gasteiger partial charge in [0.05, 0.1) is 11.3 Å². The molecule has 0 unspecified atom stereocenters. The third kappa shape index (κ3) is 2.89. The number of hydrogen-bond acceptors (Lipinski definition) is 2. The van der Waals surface area contributed by atoms with E-state index in [-0.39, 0.29) is 17.9 Å². The van der Waals surface area contributed by atoms with E-state index in [2.05, 4.69) is 5.32 Å². The van der Waals surface area contributed by atoms with Gasteiger partial charge in [0.25, 0.3) is 0 Å². The highest BCUT2D eigenvalue weighted by atomic mass is 19.1. The van der Waals surface area contributed by atoms with Crippen LogP contribution in [0.2, 0.25) is 0 Å². The second-order valence-corrected chi connectivity index (χ2v) is 4.23. The van der Waals surface area contributed by atoms with E-state index in [0.717, 1.165) is 5.56 Å². The molecule has 0 amide bonds. The highest BCUT2D eigenvalue weighted by molar-refractivity contribution is 5.47. The van der Waals surface area contributed by atoms with Gasteiger partial charge in [-0.25, -0.2) is 8.78 Å². The monoisotopic (exact) mass is 258 g/mol. The molecule has 0 radical (unpaired) electrons. The van der Waals surface area contributed by atoms with Crippen molar-refractivity contribution in [1.82, 2.24) is 0 Å². The molecule has 0 aliphatic rings. The second kappa shape index (κ2) is 5.49. The predicted molar refractivity (Wildman–Crippen MR) is 69.6 cm³/mol. The standard InChI is InChI=1S/C15H12F2N2/c1-10-5-6-14(13(16)7-10)19-9-12-4-2-3-11(8-18)15(12)17/h2-7,19H,9H2,1H3. The Labute approximate surface area is 110 Å². The summed E-state index contributed by atoms with van der Waals surface area (Å²) in [6.07, 6.45) is 0. The first-order chi connectivity index (χ1) is 9.11. The Morgan fingerprint density at radius 1 is 1.21 bits per heavy atom. The van der Waals surface area contributed by atoms with Gasteiger partial charge in [-0.1, -0.05) is 18.2 Å². The van der Waals surface area contributed by atoms with Crippen molar-refractivity contribution in [1.29, 1.82) is 5.26 Å². The van der Waals surface area contributed by atoms with Gasteiger partial charge in [-0.15, -0.1) is 0 Å². The van der Waals surface area contributed by atoms with Crippen LogP contribution in [-0.2, 0) is 6.54 Å². The summed E-state index contributed by atoms with van der Waals surface area (Å²) in [5, 5.41) is 11.6. The molecule has 0 aromatic heterocycles. The van der Waals surface area contributed by atoms with Crippen LogP contribution in [0.25, 0.3) is 0 Å². The van der Waals surface area contributed by atoms with Gasteiger partial charge in [0, 0.05) is 12.1 Å². The molecule has 0 heterocycles. The van der Waals surface area contributed by atoms with Crippen molar-refractivity contribution in [3.8, 4) is 6.07 Å². The van der Waals surface area contributed by atoms with E-state index in [1.165, 1.54) is 12.1 Å². The van der Waals surface area contributed by atoms with Crippen molar-refractivity contribution in [3.63, 3.8) is 0 Å². The maximum absolute atomic E-state index is 13.8. The molecule has 2 nitrogen and oxygen atoms in total. The Balaban J connectivity index is 2.17. The number of nitriles is 1. The van der Waals surface area contributed by atoms with Gasteiger partial charge in [-0.05, 0) is 30.7 Å². The zero-order chi connectivity index (χ0) is 13.8. The summed E-state index contributed by atoms with van der Waals surface area (Å²) >= 11 is 0. The summed E-state index contributed by atoms with van der Waals surface area (Å²) in [5.41, 5.74) is 1.45. The molecule has 0 spiro atoms. The third-order valence-electron chi connectivity index (χ3n) is 2.79. The van der Waals surface area contributed by atoms with Gasteiger partial charge >= 0.3 is 0 Å². The Hall–Kier alpha value is -2.41. The molecule has 96 valence electrons. The number of hydrogen-bond donors (Lipinski definition) is 1. The lowest BCUT2D eigenvalue weighted by atomic mass is 10.1. The van der Waals surface area contributed by atoms with Crippen molar-refractivity contribution >= 4 is 5.69 Å². The summed E-state index contributed by atoms with van der Waals surface area (Å²) in [4.78, 5) is 0. The Morgan fingerprint density at radius 3 is 2.68 bits per heavy atom.